The number of nitrogens with zero attached hydrogens (tertiary/aromatic N) is 4. The van der Waals surface area contributed by atoms with Crippen molar-refractivity contribution in [2.24, 2.45) is 0 Å². The van der Waals surface area contributed by atoms with E-state index in [9.17, 15) is 19.2 Å². The van der Waals surface area contributed by atoms with E-state index in [-0.39, 0.29) is 25.7 Å². The average Bonchev–Trinajstić information content (AvgIpc) is 4.02. The van der Waals surface area contributed by atoms with E-state index < -0.39 is 48.4 Å². The number of rotatable bonds is 9. The van der Waals surface area contributed by atoms with Gasteiger partial charge in [0.25, 0.3) is 11.8 Å². The molecule has 2 saturated heterocycles. The predicted molar refractivity (Wildman–Crippen MR) is 189 cm³/mol. The molecular weight excluding hydrogens is 704 g/mol. The fourth-order valence-corrected chi connectivity index (χ4v) is 5.95. The first-order valence-corrected chi connectivity index (χ1v) is 17.1. The van der Waals surface area contributed by atoms with Gasteiger partial charge in [-0.1, -0.05) is 48.5 Å². The van der Waals surface area contributed by atoms with E-state index in [2.05, 4.69) is 40.3 Å². The van der Waals surface area contributed by atoms with Gasteiger partial charge in [-0.2, -0.15) is 0 Å². The molecule has 0 bridgehead atoms. The number of hydrogen-bond donors (Lipinski definition) is 4. The number of ether oxygens (including phenoxy) is 6. The zero-order valence-corrected chi connectivity index (χ0v) is 30.5. The number of aromatic nitrogens is 4. The fourth-order valence-electron chi connectivity index (χ4n) is 5.95. The summed E-state index contributed by atoms with van der Waals surface area (Å²) in [7, 11) is 2.43. The van der Waals surface area contributed by atoms with Gasteiger partial charge in [-0.25, -0.2) is 40.4 Å². The summed E-state index contributed by atoms with van der Waals surface area (Å²) < 4.78 is 31.9. The third kappa shape index (κ3) is 8.05. The Balaban J connectivity index is 1.11. The van der Waals surface area contributed by atoms with Crippen molar-refractivity contribution < 1.29 is 47.6 Å². The van der Waals surface area contributed by atoms with Crippen molar-refractivity contribution in [2.45, 2.75) is 64.2 Å². The Morgan fingerprint density at radius 3 is 1.31 bits per heavy atom. The molecule has 2 aromatic carbocycles. The van der Waals surface area contributed by atoms with Crippen molar-refractivity contribution in [1.29, 1.82) is 0 Å². The lowest BCUT2D eigenvalue weighted by molar-refractivity contribution is -0.147. The Bertz CT molecular complexity index is 1800. The van der Waals surface area contributed by atoms with Gasteiger partial charge in [0, 0.05) is 12.1 Å². The van der Waals surface area contributed by atoms with Gasteiger partial charge < -0.3 is 38.4 Å². The lowest BCUT2D eigenvalue weighted by Gasteiger charge is -2.29. The van der Waals surface area contributed by atoms with Gasteiger partial charge in [-0.15, -0.1) is 0 Å². The molecule has 286 valence electrons. The maximum atomic E-state index is 13.3. The first-order chi connectivity index (χ1) is 26.0. The van der Waals surface area contributed by atoms with Gasteiger partial charge in [-0.3, -0.25) is 9.59 Å². The lowest BCUT2D eigenvalue weighted by atomic mass is 10.0. The monoisotopic (exact) mass is 746 g/mol. The Labute approximate surface area is 310 Å². The highest BCUT2D eigenvalue weighted by molar-refractivity contribution is 5.85. The molecule has 4 aromatic rings. The van der Waals surface area contributed by atoms with Crippen LogP contribution in [0.15, 0.2) is 60.9 Å². The fraction of sp³-hybridized carbons (Fsp3) is 0.389. The first-order valence-electron chi connectivity index (χ1n) is 17.1. The highest BCUT2D eigenvalue weighted by Gasteiger charge is 2.43. The maximum Gasteiger partial charge on any atom is 0.425 e. The molecule has 2 aromatic heterocycles. The number of aromatic amines is 2. The lowest BCUT2D eigenvalue weighted by Crippen LogP contribution is -2.54. The average molecular weight is 747 g/mol. The third-order valence-electron chi connectivity index (χ3n) is 8.78. The summed E-state index contributed by atoms with van der Waals surface area (Å²) in [5.74, 6) is -0.179. The number of imidazole rings is 2. The zero-order chi connectivity index (χ0) is 38.5. The van der Waals surface area contributed by atoms with Crippen LogP contribution in [0.1, 0.15) is 51.6 Å². The van der Waals surface area contributed by atoms with Crippen molar-refractivity contribution in [2.75, 3.05) is 27.8 Å². The quantitative estimate of drug-likeness (QED) is 0.179. The van der Waals surface area contributed by atoms with Crippen molar-refractivity contribution in [1.82, 2.24) is 40.8 Å². The topological polar surface area (TPSA) is 212 Å². The third-order valence-corrected chi connectivity index (χ3v) is 8.78. The Morgan fingerprint density at radius 1 is 0.630 bits per heavy atom. The molecule has 0 aliphatic carbocycles. The number of carbonyl (C=O) groups excluding carboxylic acids is 4. The zero-order valence-electron chi connectivity index (χ0n) is 30.5. The van der Waals surface area contributed by atoms with Crippen LogP contribution in [0.3, 0.4) is 0 Å². The largest absolute Gasteiger partial charge is 0.452 e. The summed E-state index contributed by atoms with van der Waals surface area (Å²) >= 11 is 0. The van der Waals surface area contributed by atoms with E-state index in [1.165, 1.54) is 14.2 Å². The summed E-state index contributed by atoms with van der Waals surface area (Å²) in [6, 6.07) is 15.0. The number of H-pyrrole nitrogens is 2. The second kappa shape index (κ2) is 16.5. The van der Waals surface area contributed by atoms with Crippen LogP contribution >= 0.6 is 0 Å². The highest BCUT2D eigenvalue weighted by Crippen LogP contribution is 2.33. The van der Waals surface area contributed by atoms with Crippen molar-refractivity contribution in [3.05, 3.63) is 72.6 Å². The molecule has 0 saturated carbocycles. The summed E-state index contributed by atoms with van der Waals surface area (Å²) in [5, 5.41) is 2.30. The van der Waals surface area contributed by atoms with Gasteiger partial charge in [0.2, 0.25) is 0 Å². The summed E-state index contributed by atoms with van der Waals surface area (Å²) in [6.07, 6.45) is -1.93. The highest BCUT2D eigenvalue weighted by atomic mass is 16.7. The van der Waals surface area contributed by atoms with Crippen LogP contribution in [0.25, 0.3) is 33.6 Å². The van der Waals surface area contributed by atoms with Gasteiger partial charge in [0.15, 0.2) is 24.4 Å². The van der Waals surface area contributed by atoms with Gasteiger partial charge in [0.1, 0.15) is 25.2 Å². The van der Waals surface area contributed by atoms with E-state index >= 15 is 0 Å². The van der Waals surface area contributed by atoms with Crippen molar-refractivity contribution in [3.8, 4) is 33.6 Å². The molecule has 2 aliphatic heterocycles. The minimum Gasteiger partial charge on any atom is -0.452 e. The van der Waals surface area contributed by atoms with Crippen LogP contribution < -0.4 is 10.9 Å². The number of hydrazine groups is 2. The van der Waals surface area contributed by atoms with Crippen molar-refractivity contribution in [3.63, 3.8) is 0 Å². The van der Waals surface area contributed by atoms with E-state index in [0.29, 0.717) is 23.0 Å². The van der Waals surface area contributed by atoms with Crippen LogP contribution in [-0.4, -0.2) is 106 Å². The minimum absolute atomic E-state index is 0.114. The number of amides is 4. The molecule has 4 heterocycles. The Hall–Kier alpha value is -5.82. The molecule has 4 atom stereocenters. The number of hydrogen-bond acceptors (Lipinski definition) is 12. The standard InChI is InChI=1S/C36H42N8O10/c1-19(2)43(41-35(47)49-5)33(45)29-27(51-17-53-29)31-37-15-25(39-31)23-11-7-21(8-12-23)22-9-13-24(14-10-22)26-16-38-32(40-26)28-30(54-18-52-28)34(46)44(20(3)4)42-36(48)50-6/h7-16,19-20,27-30H,17-18H2,1-6H3,(H,37,39)(H,38,40)(H,41,47)(H,42,48). The van der Waals surface area contributed by atoms with Crippen molar-refractivity contribution >= 4 is 24.0 Å². The molecule has 2 aliphatic rings. The molecule has 54 heavy (non-hydrogen) atoms. The van der Waals surface area contributed by atoms with Crippen LogP contribution in [0, 0.1) is 0 Å². The van der Waals surface area contributed by atoms with E-state index in [4.69, 9.17) is 18.9 Å². The SMILES string of the molecule is COC(=O)NN(C(=O)C1OCOC1c1ncc(-c2ccc(-c3ccc(-c4cnc(C5OCOC5C(=O)N(NC(=O)OC)C(C)C)[nH]4)cc3)cc2)[nH]1)C(C)C. The molecule has 18 nitrogen and oxygen atoms in total. The molecule has 4 unspecified atom stereocenters. The summed E-state index contributed by atoms with van der Waals surface area (Å²) in [5.41, 5.74) is 9.97. The summed E-state index contributed by atoms with van der Waals surface area (Å²) in [6.45, 7) is 6.76. The predicted octanol–water partition coefficient (Wildman–Crippen LogP) is 3.98. The number of benzene rings is 2. The Morgan fingerprint density at radius 2 is 0.981 bits per heavy atom. The Kier molecular flexibility index (Phi) is 11.6. The van der Waals surface area contributed by atoms with E-state index in [1.54, 1.807) is 40.1 Å². The first kappa shape index (κ1) is 37.9. The molecule has 4 N–H and O–H groups in total. The molecule has 2 fully saturated rings. The molecular formula is C36H42N8O10. The summed E-state index contributed by atoms with van der Waals surface area (Å²) in [4.78, 5) is 65.7. The molecule has 4 amide bonds. The van der Waals surface area contributed by atoms with E-state index in [0.717, 1.165) is 32.3 Å². The number of nitrogens with one attached hydrogen (secondary N) is 4. The van der Waals surface area contributed by atoms with Gasteiger partial charge in [0.05, 0.1) is 38.0 Å². The normalized spacial score (nSPS) is 19.5. The molecule has 6 rings (SSSR count). The minimum atomic E-state index is -1.04. The van der Waals surface area contributed by atoms with E-state index in [1.807, 2.05) is 48.5 Å². The smallest absolute Gasteiger partial charge is 0.425 e. The number of methoxy groups -OCH3 is 2. The van der Waals surface area contributed by atoms with Gasteiger partial charge >= 0.3 is 12.2 Å². The van der Waals surface area contributed by atoms with Crippen LogP contribution in [0.5, 0.6) is 0 Å². The van der Waals surface area contributed by atoms with Gasteiger partial charge in [-0.05, 0) is 49.9 Å². The van der Waals surface area contributed by atoms with Crippen LogP contribution in [0.4, 0.5) is 9.59 Å². The maximum absolute atomic E-state index is 13.3. The van der Waals surface area contributed by atoms with Crippen LogP contribution in [-0.2, 0) is 38.0 Å². The molecule has 0 radical (unpaired) electrons. The molecule has 0 spiro atoms. The molecule has 18 heteroatoms. The van der Waals surface area contributed by atoms with Crippen LogP contribution in [0.2, 0.25) is 0 Å². The second-order valence-corrected chi connectivity index (χ2v) is 12.9. The number of carbonyl (C=O) groups is 4. The second-order valence-electron chi connectivity index (χ2n) is 12.9.